The van der Waals surface area contributed by atoms with E-state index in [1.165, 1.54) is 0 Å². The fourth-order valence-electron chi connectivity index (χ4n) is 4.09. The van der Waals surface area contributed by atoms with Crippen LogP contribution in [0.15, 0.2) is 28.9 Å². The number of aromatic nitrogens is 3. The average molecular weight is 387 g/mol. The van der Waals surface area contributed by atoms with E-state index in [9.17, 15) is 18.0 Å². The summed E-state index contributed by atoms with van der Waals surface area (Å²) in [7, 11) is 0. The summed E-state index contributed by atoms with van der Waals surface area (Å²) in [6.45, 7) is 2.29. The van der Waals surface area contributed by atoms with Crippen molar-refractivity contribution in [1.82, 2.24) is 14.8 Å². The number of nitrogens with zero attached hydrogens (tertiary/aromatic N) is 3. The van der Waals surface area contributed by atoms with Crippen molar-refractivity contribution in [2.75, 3.05) is 0 Å². The molecule has 1 saturated carbocycles. The van der Waals surface area contributed by atoms with Crippen molar-refractivity contribution in [3.05, 3.63) is 58.4 Å². The number of alkyl halides is 3. The van der Waals surface area contributed by atoms with Gasteiger partial charge in [0.2, 0.25) is 0 Å². The molecule has 0 aliphatic heterocycles. The van der Waals surface area contributed by atoms with Crippen LogP contribution in [-0.2, 0) is 24.6 Å². The highest BCUT2D eigenvalue weighted by atomic mass is 19.4. The third-order valence-electron chi connectivity index (χ3n) is 5.64. The number of aryl methyl sites for hydroxylation is 1. The molecule has 1 fully saturated rings. The van der Waals surface area contributed by atoms with Gasteiger partial charge in [0, 0.05) is 35.5 Å². The largest absolute Gasteiger partial charge is 0.457 e. The van der Waals surface area contributed by atoms with Crippen molar-refractivity contribution >= 4 is 6.29 Å². The summed E-state index contributed by atoms with van der Waals surface area (Å²) in [6.07, 6.45) is 1.12. The molecule has 0 saturated heterocycles. The molecule has 0 unspecified atom stereocenters. The molecular weight excluding hydrogens is 371 g/mol. The number of fused-ring (bicyclic) bond motifs is 4. The van der Waals surface area contributed by atoms with Gasteiger partial charge in [-0.15, -0.1) is 0 Å². The molecule has 1 spiro atoms. The van der Waals surface area contributed by atoms with E-state index in [0.29, 0.717) is 13.0 Å². The number of hydrogen-bond donors (Lipinski definition) is 0. The van der Waals surface area contributed by atoms with Crippen molar-refractivity contribution in [3.8, 4) is 11.3 Å². The molecule has 0 amide bonds. The predicted molar refractivity (Wildman–Crippen MR) is 93.0 cm³/mol. The second-order valence-corrected chi connectivity index (χ2v) is 7.61. The van der Waals surface area contributed by atoms with E-state index >= 15 is 0 Å². The minimum atomic E-state index is -4.69. The first-order valence-corrected chi connectivity index (χ1v) is 8.99. The Balaban J connectivity index is 1.65. The molecule has 2 aliphatic rings. The molecule has 0 N–H and O–H groups in total. The lowest BCUT2D eigenvalue weighted by Gasteiger charge is -2.20. The van der Waals surface area contributed by atoms with E-state index in [4.69, 9.17) is 4.42 Å². The van der Waals surface area contributed by atoms with Crippen molar-refractivity contribution < 1.29 is 22.4 Å². The van der Waals surface area contributed by atoms with E-state index < -0.39 is 17.5 Å². The lowest BCUT2D eigenvalue weighted by molar-refractivity contribution is -0.137. The van der Waals surface area contributed by atoms with Crippen LogP contribution in [0.25, 0.3) is 11.3 Å². The van der Waals surface area contributed by atoms with Gasteiger partial charge in [-0.1, -0.05) is 6.07 Å². The number of aldehydes is 1. The second-order valence-electron chi connectivity index (χ2n) is 7.61. The molecule has 3 aromatic heterocycles. The molecule has 28 heavy (non-hydrogen) atoms. The van der Waals surface area contributed by atoms with Gasteiger partial charge in [0.1, 0.15) is 17.0 Å². The molecule has 5 nitrogen and oxygen atoms in total. The number of carbonyl (C=O) groups is 1. The van der Waals surface area contributed by atoms with Crippen LogP contribution in [0, 0.1) is 6.92 Å². The van der Waals surface area contributed by atoms with Crippen LogP contribution < -0.4 is 0 Å². The second kappa shape index (κ2) is 5.56. The van der Waals surface area contributed by atoms with Crippen molar-refractivity contribution in [2.45, 2.75) is 44.3 Å². The monoisotopic (exact) mass is 387 g/mol. The van der Waals surface area contributed by atoms with Gasteiger partial charge in [0.25, 0.3) is 0 Å². The molecule has 0 bridgehead atoms. The van der Waals surface area contributed by atoms with Gasteiger partial charge in [-0.25, -0.2) is 0 Å². The Hall–Kier alpha value is -2.90. The van der Waals surface area contributed by atoms with E-state index in [-0.39, 0.29) is 28.7 Å². The Morgan fingerprint density at radius 3 is 2.71 bits per heavy atom. The van der Waals surface area contributed by atoms with Crippen LogP contribution in [0.4, 0.5) is 13.2 Å². The number of carbonyl (C=O) groups excluding carboxylic acids is 1. The Labute approximate surface area is 158 Å². The number of furan rings is 1. The van der Waals surface area contributed by atoms with Crippen molar-refractivity contribution in [2.24, 2.45) is 0 Å². The first-order chi connectivity index (χ1) is 13.3. The van der Waals surface area contributed by atoms with Crippen LogP contribution in [0.2, 0.25) is 0 Å². The quantitative estimate of drug-likeness (QED) is 0.628. The first-order valence-electron chi connectivity index (χ1n) is 8.99. The maximum atomic E-state index is 13.7. The fourth-order valence-corrected chi connectivity index (χ4v) is 4.09. The lowest BCUT2D eigenvalue weighted by Crippen LogP contribution is -2.17. The number of rotatable bonds is 3. The maximum Gasteiger partial charge on any atom is 0.420 e. The molecular formula is C20H16F3N3O2. The van der Waals surface area contributed by atoms with Crippen LogP contribution in [0.5, 0.6) is 0 Å². The van der Waals surface area contributed by atoms with E-state index in [0.717, 1.165) is 29.7 Å². The Kier molecular flexibility index (Phi) is 3.42. The highest BCUT2D eigenvalue weighted by Gasteiger charge is 2.54. The smallest absolute Gasteiger partial charge is 0.420 e. The Morgan fingerprint density at radius 2 is 2.11 bits per heavy atom. The predicted octanol–water partition coefficient (Wildman–Crippen LogP) is 4.31. The minimum absolute atomic E-state index is 0.0806. The van der Waals surface area contributed by atoms with Gasteiger partial charge in [-0.2, -0.15) is 18.3 Å². The van der Waals surface area contributed by atoms with Crippen LogP contribution in [-0.4, -0.2) is 21.1 Å². The van der Waals surface area contributed by atoms with E-state index in [1.54, 1.807) is 10.9 Å². The summed E-state index contributed by atoms with van der Waals surface area (Å²) in [4.78, 5) is 15.5. The van der Waals surface area contributed by atoms with Crippen LogP contribution in [0.1, 0.15) is 51.5 Å². The number of hydrogen-bond acceptors (Lipinski definition) is 4. The van der Waals surface area contributed by atoms with Crippen molar-refractivity contribution in [3.63, 3.8) is 0 Å². The van der Waals surface area contributed by atoms with Crippen LogP contribution >= 0.6 is 0 Å². The summed E-state index contributed by atoms with van der Waals surface area (Å²) in [5.74, 6) is -0.458. The molecule has 144 valence electrons. The minimum Gasteiger partial charge on any atom is -0.457 e. The van der Waals surface area contributed by atoms with Crippen LogP contribution in [0.3, 0.4) is 0 Å². The number of pyridine rings is 1. The molecule has 8 heteroatoms. The Morgan fingerprint density at radius 1 is 1.32 bits per heavy atom. The summed E-state index contributed by atoms with van der Waals surface area (Å²) in [5.41, 5.74) is 1.56. The zero-order chi connectivity index (χ0) is 19.7. The van der Waals surface area contributed by atoms with Gasteiger partial charge >= 0.3 is 6.18 Å². The third-order valence-corrected chi connectivity index (χ3v) is 5.64. The first kappa shape index (κ1) is 17.2. The van der Waals surface area contributed by atoms with E-state index in [2.05, 4.69) is 10.1 Å². The summed E-state index contributed by atoms with van der Waals surface area (Å²) >= 11 is 0. The SMILES string of the molecule is Cc1ccc(Cn2cc3c(n2)-c2c(oc(C=O)c2C(F)(F)F)CC32CC2)cn1. The number of halogens is 3. The Bertz CT molecular complexity index is 1090. The lowest BCUT2D eigenvalue weighted by atomic mass is 9.82. The molecule has 3 heterocycles. The van der Waals surface area contributed by atoms with Gasteiger partial charge in [-0.05, 0) is 31.4 Å². The topological polar surface area (TPSA) is 60.9 Å². The highest BCUT2D eigenvalue weighted by molar-refractivity contribution is 5.84. The molecule has 0 radical (unpaired) electrons. The fraction of sp³-hybridized carbons (Fsp3) is 0.350. The summed E-state index contributed by atoms with van der Waals surface area (Å²) in [5, 5.41) is 4.48. The summed E-state index contributed by atoms with van der Waals surface area (Å²) < 4.78 is 48.1. The highest BCUT2D eigenvalue weighted by Crippen LogP contribution is 2.59. The summed E-state index contributed by atoms with van der Waals surface area (Å²) in [6, 6.07) is 3.80. The molecule has 0 atom stereocenters. The normalized spacial score (nSPS) is 16.7. The molecule has 5 rings (SSSR count). The standard InChI is InChI=1S/C20H16F3N3O2/c1-11-2-3-12(7-24-11)8-26-9-13-18(25-26)16-14(6-19(13)4-5-19)28-15(10-27)17(16)20(21,22)23/h2-3,7,9-10H,4-6,8H2,1H3. The zero-order valence-electron chi connectivity index (χ0n) is 15.0. The molecule has 3 aromatic rings. The zero-order valence-corrected chi connectivity index (χ0v) is 15.0. The average Bonchev–Trinajstić information content (AvgIpc) is 3.10. The third kappa shape index (κ3) is 2.51. The maximum absolute atomic E-state index is 13.7. The van der Waals surface area contributed by atoms with Gasteiger partial charge < -0.3 is 4.42 Å². The molecule has 0 aromatic carbocycles. The van der Waals surface area contributed by atoms with Gasteiger partial charge in [0.05, 0.1) is 12.1 Å². The van der Waals surface area contributed by atoms with Gasteiger partial charge in [0.15, 0.2) is 12.0 Å². The van der Waals surface area contributed by atoms with Crippen molar-refractivity contribution in [1.29, 1.82) is 0 Å². The molecule has 2 aliphatic carbocycles. The van der Waals surface area contributed by atoms with E-state index in [1.807, 2.05) is 25.3 Å². The van der Waals surface area contributed by atoms with Gasteiger partial charge in [-0.3, -0.25) is 14.5 Å².